The van der Waals surface area contributed by atoms with Gasteiger partial charge in [0.05, 0.1) is 0 Å². The van der Waals surface area contributed by atoms with E-state index in [-0.39, 0.29) is 0 Å². The molecule has 0 bridgehead atoms. The van der Waals surface area contributed by atoms with E-state index in [9.17, 15) is 0 Å². The Morgan fingerprint density at radius 3 is 2.41 bits per heavy atom. The highest BCUT2D eigenvalue weighted by Gasteiger charge is 1.96. The van der Waals surface area contributed by atoms with Crippen LogP contribution in [-0.4, -0.2) is 0 Å². The average molecular weight is 220 g/mol. The van der Waals surface area contributed by atoms with Gasteiger partial charge >= 0.3 is 0 Å². The molecule has 0 aliphatic carbocycles. The second-order valence-electron chi connectivity index (χ2n) is 4.00. The van der Waals surface area contributed by atoms with E-state index in [2.05, 4.69) is 67.3 Å². The van der Waals surface area contributed by atoms with E-state index in [0.717, 1.165) is 18.4 Å². The maximum atomic E-state index is 3.21. The van der Waals surface area contributed by atoms with Gasteiger partial charge in [0.25, 0.3) is 0 Å². The smallest absolute Gasteiger partial charge is 0.0251 e. The van der Waals surface area contributed by atoms with Crippen molar-refractivity contribution in [1.29, 1.82) is 0 Å². The lowest BCUT2D eigenvalue weighted by molar-refractivity contribution is 0.983. The maximum Gasteiger partial charge on any atom is 0.0251 e. The molecular weight excluding hydrogens is 204 g/mol. The van der Waals surface area contributed by atoms with Gasteiger partial charge in [-0.05, 0) is 29.7 Å². The van der Waals surface area contributed by atoms with E-state index in [0.29, 0.717) is 0 Å². The predicted molar refractivity (Wildman–Crippen MR) is 73.7 cm³/mol. The van der Waals surface area contributed by atoms with Crippen molar-refractivity contribution in [3.05, 3.63) is 60.2 Å². The lowest BCUT2D eigenvalue weighted by Crippen LogP contribution is -1.79. The molecule has 2 rings (SSSR count). The molecule has 0 N–H and O–H groups in total. The zero-order valence-corrected chi connectivity index (χ0v) is 10.1. The van der Waals surface area contributed by atoms with Crippen molar-refractivity contribution >= 4 is 0 Å². The van der Waals surface area contributed by atoms with Crippen LogP contribution in [0.3, 0.4) is 0 Å². The zero-order valence-electron chi connectivity index (χ0n) is 10.1. The molecule has 0 unspecified atom stereocenters. The Hall–Kier alpha value is -2.00. The van der Waals surface area contributed by atoms with Crippen LogP contribution in [0.15, 0.2) is 54.6 Å². The fourth-order valence-electron chi connectivity index (χ4n) is 1.70. The third-order valence-corrected chi connectivity index (χ3v) is 2.58. The molecule has 0 spiro atoms. The summed E-state index contributed by atoms with van der Waals surface area (Å²) < 4.78 is 0. The molecule has 0 atom stereocenters. The fraction of sp³-hybridized carbons (Fsp3) is 0.176. The first-order valence-corrected chi connectivity index (χ1v) is 6.04. The summed E-state index contributed by atoms with van der Waals surface area (Å²) in [7, 11) is 0. The Labute approximate surface area is 103 Å². The highest BCUT2D eigenvalue weighted by atomic mass is 14.0. The van der Waals surface area contributed by atoms with Crippen LogP contribution in [0, 0.1) is 11.8 Å². The van der Waals surface area contributed by atoms with Gasteiger partial charge in [0.2, 0.25) is 0 Å². The van der Waals surface area contributed by atoms with E-state index in [1.807, 2.05) is 6.07 Å². The van der Waals surface area contributed by atoms with Crippen molar-refractivity contribution in [1.82, 2.24) is 0 Å². The van der Waals surface area contributed by atoms with Crippen LogP contribution in [0.4, 0.5) is 0 Å². The van der Waals surface area contributed by atoms with E-state index >= 15 is 0 Å². The van der Waals surface area contributed by atoms with Crippen molar-refractivity contribution in [2.45, 2.75) is 19.8 Å². The van der Waals surface area contributed by atoms with Crippen LogP contribution in [-0.2, 0) is 0 Å². The molecule has 84 valence electrons. The van der Waals surface area contributed by atoms with Crippen LogP contribution in [0.5, 0.6) is 0 Å². The molecule has 0 nitrogen and oxygen atoms in total. The monoisotopic (exact) mass is 220 g/mol. The van der Waals surface area contributed by atoms with Gasteiger partial charge in [0.15, 0.2) is 0 Å². The predicted octanol–water partition coefficient (Wildman–Crippen LogP) is 4.51. The Kier molecular flexibility index (Phi) is 4.00. The summed E-state index contributed by atoms with van der Waals surface area (Å²) in [6.45, 7) is 2.15. The van der Waals surface area contributed by atoms with Crippen LogP contribution in [0.2, 0.25) is 0 Å². The topological polar surface area (TPSA) is 0 Å². The van der Waals surface area contributed by atoms with Gasteiger partial charge in [-0.15, -0.1) is 0 Å². The molecule has 0 saturated carbocycles. The quantitative estimate of drug-likeness (QED) is 0.653. The minimum atomic E-state index is 0.968. The number of hydrogen-bond donors (Lipinski definition) is 0. The second-order valence-corrected chi connectivity index (χ2v) is 4.00. The zero-order chi connectivity index (χ0) is 11.9. The molecule has 2 aromatic carbocycles. The summed E-state index contributed by atoms with van der Waals surface area (Å²) in [4.78, 5) is 0. The summed E-state index contributed by atoms with van der Waals surface area (Å²) in [5, 5.41) is 0. The third kappa shape index (κ3) is 3.23. The minimum Gasteiger partial charge on any atom is -0.0979 e. The SMILES string of the molecule is CCCC#Cc1cccc(-c2ccccc2)c1. The molecule has 17 heavy (non-hydrogen) atoms. The molecule has 0 aliphatic rings. The molecule has 0 aliphatic heterocycles. The summed E-state index contributed by atoms with van der Waals surface area (Å²) in [5.41, 5.74) is 3.57. The van der Waals surface area contributed by atoms with Crippen molar-refractivity contribution in [3.63, 3.8) is 0 Å². The van der Waals surface area contributed by atoms with Gasteiger partial charge in [-0.3, -0.25) is 0 Å². The molecule has 0 fully saturated rings. The van der Waals surface area contributed by atoms with Gasteiger partial charge in [-0.2, -0.15) is 0 Å². The maximum absolute atomic E-state index is 3.21. The average Bonchev–Trinajstić information content (AvgIpc) is 2.41. The third-order valence-electron chi connectivity index (χ3n) is 2.58. The molecule has 0 heterocycles. The van der Waals surface area contributed by atoms with Crippen LogP contribution in [0.25, 0.3) is 11.1 Å². The Bertz CT molecular complexity index is 527. The number of benzene rings is 2. The highest BCUT2D eigenvalue weighted by Crippen LogP contribution is 2.19. The Morgan fingerprint density at radius 2 is 1.65 bits per heavy atom. The van der Waals surface area contributed by atoms with E-state index in [1.165, 1.54) is 11.1 Å². The first-order valence-electron chi connectivity index (χ1n) is 6.04. The van der Waals surface area contributed by atoms with Crippen LogP contribution >= 0.6 is 0 Å². The van der Waals surface area contributed by atoms with E-state index in [1.54, 1.807) is 0 Å². The van der Waals surface area contributed by atoms with Gasteiger partial charge in [0, 0.05) is 12.0 Å². The van der Waals surface area contributed by atoms with Crippen molar-refractivity contribution in [3.8, 4) is 23.0 Å². The number of rotatable bonds is 2. The normalized spacial score (nSPS) is 9.47. The minimum absolute atomic E-state index is 0.968. The first-order chi connectivity index (χ1) is 8.40. The summed E-state index contributed by atoms with van der Waals surface area (Å²) >= 11 is 0. The standard InChI is InChI=1S/C17H16/c1-2-3-5-9-15-10-8-13-17(14-15)16-11-6-4-7-12-16/h4,6-8,10-14H,2-3H2,1H3. The van der Waals surface area contributed by atoms with Gasteiger partial charge in [-0.1, -0.05) is 61.2 Å². The second kappa shape index (κ2) is 5.92. The molecule has 0 amide bonds. The van der Waals surface area contributed by atoms with Gasteiger partial charge in [0.1, 0.15) is 0 Å². The summed E-state index contributed by atoms with van der Waals surface area (Å²) in [5.74, 6) is 6.39. The Morgan fingerprint density at radius 1 is 0.882 bits per heavy atom. The summed E-state index contributed by atoms with van der Waals surface area (Å²) in [6.07, 6.45) is 2.08. The first kappa shape index (κ1) is 11.5. The Balaban J connectivity index is 2.27. The number of unbranched alkanes of at least 4 members (excludes halogenated alkanes) is 1. The van der Waals surface area contributed by atoms with Gasteiger partial charge in [-0.25, -0.2) is 0 Å². The van der Waals surface area contributed by atoms with Crippen molar-refractivity contribution in [2.75, 3.05) is 0 Å². The van der Waals surface area contributed by atoms with Crippen LogP contribution < -0.4 is 0 Å². The molecule has 0 radical (unpaired) electrons. The fourth-order valence-corrected chi connectivity index (χ4v) is 1.70. The molecule has 0 heteroatoms. The van der Waals surface area contributed by atoms with E-state index in [4.69, 9.17) is 0 Å². The van der Waals surface area contributed by atoms with Crippen molar-refractivity contribution < 1.29 is 0 Å². The molecular formula is C17H16. The number of hydrogen-bond acceptors (Lipinski definition) is 0. The molecule has 0 aromatic heterocycles. The molecule has 0 saturated heterocycles. The van der Waals surface area contributed by atoms with Crippen LogP contribution in [0.1, 0.15) is 25.3 Å². The largest absolute Gasteiger partial charge is 0.0979 e. The van der Waals surface area contributed by atoms with Crippen molar-refractivity contribution in [2.24, 2.45) is 0 Å². The lowest BCUT2D eigenvalue weighted by Gasteiger charge is -2.01. The van der Waals surface area contributed by atoms with E-state index < -0.39 is 0 Å². The summed E-state index contributed by atoms with van der Waals surface area (Å²) in [6, 6.07) is 18.8. The highest BCUT2D eigenvalue weighted by molar-refractivity contribution is 5.65. The van der Waals surface area contributed by atoms with Gasteiger partial charge < -0.3 is 0 Å². The molecule has 2 aromatic rings. The lowest BCUT2D eigenvalue weighted by atomic mass is 10.0.